The van der Waals surface area contributed by atoms with Gasteiger partial charge in [-0.15, -0.1) is 12.4 Å². The molecular weight excluding hydrogens is 232 g/mol. The van der Waals surface area contributed by atoms with E-state index in [4.69, 9.17) is 0 Å². The van der Waals surface area contributed by atoms with E-state index in [-0.39, 0.29) is 12.4 Å². The summed E-state index contributed by atoms with van der Waals surface area (Å²) in [6, 6.07) is 14.8. The Labute approximate surface area is 109 Å². The Morgan fingerprint density at radius 1 is 1.00 bits per heavy atom. The molecule has 0 aliphatic heterocycles. The molecule has 0 saturated carbocycles. The Hall–Kier alpha value is -1.25. The fourth-order valence-electron chi connectivity index (χ4n) is 1.79. The number of anilines is 1. The molecule has 0 bridgehead atoms. The normalized spacial score (nSPS) is 10.3. The molecule has 0 aliphatic rings. The molecule has 0 unspecified atom stereocenters. The summed E-state index contributed by atoms with van der Waals surface area (Å²) in [4.78, 5) is 2.18. The minimum Gasteiger partial charge on any atom is -0.383 e. The zero-order chi connectivity index (χ0) is 11.4. The van der Waals surface area contributed by atoms with Crippen LogP contribution in [0.15, 0.2) is 42.5 Å². The number of benzene rings is 2. The molecule has 1 N–H and O–H groups in total. The molecule has 0 amide bonds. The summed E-state index contributed by atoms with van der Waals surface area (Å²) in [6.45, 7) is 2.02. The lowest BCUT2D eigenvalue weighted by Gasteiger charge is -2.13. The summed E-state index contributed by atoms with van der Waals surface area (Å²) < 4.78 is 0. The van der Waals surface area contributed by atoms with Gasteiger partial charge in [0.2, 0.25) is 0 Å². The van der Waals surface area contributed by atoms with E-state index >= 15 is 0 Å². The maximum absolute atomic E-state index is 3.48. The Morgan fingerprint density at radius 3 is 2.47 bits per heavy atom. The summed E-state index contributed by atoms with van der Waals surface area (Å²) >= 11 is 0. The highest BCUT2D eigenvalue weighted by molar-refractivity contribution is 5.93. The van der Waals surface area contributed by atoms with E-state index in [2.05, 4.69) is 66.8 Å². The van der Waals surface area contributed by atoms with Crippen molar-refractivity contribution in [1.29, 1.82) is 0 Å². The van der Waals surface area contributed by atoms with E-state index in [1.54, 1.807) is 0 Å². The molecule has 17 heavy (non-hydrogen) atoms. The van der Waals surface area contributed by atoms with Crippen LogP contribution in [0.1, 0.15) is 0 Å². The third kappa shape index (κ3) is 3.62. The van der Waals surface area contributed by atoms with Gasteiger partial charge < -0.3 is 10.2 Å². The summed E-state index contributed by atoms with van der Waals surface area (Å²) in [5.74, 6) is 0. The lowest BCUT2D eigenvalue weighted by molar-refractivity contribution is 0.425. The quantitative estimate of drug-likeness (QED) is 0.896. The van der Waals surface area contributed by atoms with Gasteiger partial charge in [0.25, 0.3) is 0 Å². The average Bonchev–Trinajstić information content (AvgIpc) is 2.29. The Balaban J connectivity index is 0.00000144. The van der Waals surface area contributed by atoms with Gasteiger partial charge in [-0.05, 0) is 25.5 Å². The Morgan fingerprint density at radius 2 is 1.71 bits per heavy atom. The number of nitrogens with zero attached hydrogens (tertiary/aromatic N) is 1. The van der Waals surface area contributed by atoms with E-state index in [1.807, 2.05) is 0 Å². The minimum absolute atomic E-state index is 0. The molecule has 3 heteroatoms. The van der Waals surface area contributed by atoms with Crippen molar-refractivity contribution in [2.75, 3.05) is 32.5 Å². The van der Waals surface area contributed by atoms with Gasteiger partial charge in [-0.2, -0.15) is 0 Å². The number of likely N-dealkylation sites (N-methyl/N-ethyl adjacent to an activating group) is 1. The molecule has 0 heterocycles. The van der Waals surface area contributed by atoms with Crippen LogP contribution >= 0.6 is 12.4 Å². The maximum atomic E-state index is 3.48. The van der Waals surface area contributed by atoms with Crippen molar-refractivity contribution in [2.24, 2.45) is 0 Å². The van der Waals surface area contributed by atoms with Crippen molar-refractivity contribution in [3.8, 4) is 0 Å². The van der Waals surface area contributed by atoms with Gasteiger partial charge in [0, 0.05) is 24.2 Å². The predicted octanol–water partition coefficient (Wildman–Crippen LogP) is 3.24. The van der Waals surface area contributed by atoms with E-state index in [9.17, 15) is 0 Å². The third-order valence-corrected chi connectivity index (χ3v) is 2.66. The predicted molar refractivity (Wildman–Crippen MR) is 78.2 cm³/mol. The van der Waals surface area contributed by atoms with E-state index in [0.717, 1.165) is 13.1 Å². The molecule has 92 valence electrons. The highest BCUT2D eigenvalue weighted by Gasteiger charge is 1.98. The van der Waals surface area contributed by atoms with Crippen LogP contribution < -0.4 is 5.32 Å². The van der Waals surface area contributed by atoms with Gasteiger partial charge in [-0.25, -0.2) is 0 Å². The van der Waals surface area contributed by atoms with Gasteiger partial charge in [-0.1, -0.05) is 36.4 Å². The SMILES string of the molecule is CN(C)CCNc1cccc2ccccc12.Cl. The van der Waals surface area contributed by atoms with Crippen molar-refractivity contribution in [3.05, 3.63) is 42.5 Å². The topological polar surface area (TPSA) is 15.3 Å². The van der Waals surface area contributed by atoms with Crippen LogP contribution in [0.4, 0.5) is 5.69 Å². The number of fused-ring (bicyclic) bond motifs is 1. The van der Waals surface area contributed by atoms with Gasteiger partial charge in [-0.3, -0.25) is 0 Å². The first-order valence-corrected chi connectivity index (χ1v) is 5.64. The third-order valence-electron chi connectivity index (χ3n) is 2.66. The van der Waals surface area contributed by atoms with Crippen LogP contribution in [0.25, 0.3) is 10.8 Å². The Bertz CT molecular complexity index is 463. The first kappa shape index (κ1) is 13.8. The average molecular weight is 251 g/mol. The molecule has 2 nitrogen and oxygen atoms in total. The molecule has 2 aromatic carbocycles. The molecule has 0 aromatic heterocycles. The largest absolute Gasteiger partial charge is 0.383 e. The van der Waals surface area contributed by atoms with E-state index in [0.29, 0.717) is 0 Å². The van der Waals surface area contributed by atoms with Crippen molar-refractivity contribution >= 4 is 28.9 Å². The first-order valence-electron chi connectivity index (χ1n) is 5.64. The van der Waals surface area contributed by atoms with Crippen LogP contribution in [0, 0.1) is 0 Å². The zero-order valence-corrected chi connectivity index (χ0v) is 11.1. The molecular formula is C14H19ClN2. The van der Waals surface area contributed by atoms with Crippen LogP contribution in [0.5, 0.6) is 0 Å². The zero-order valence-electron chi connectivity index (χ0n) is 10.3. The van der Waals surface area contributed by atoms with Crippen molar-refractivity contribution in [2.45, 2.75) is 0 Å². The molecule has 0 aliphatic carbocycles. The smallest absolute Gasteiger partial charge is 0.0420 e. The molecule has 0 saturated heterocycles. The summed E-state index contributed by atoms with van der Waals surface area (Å²) in [6.07, 6.45) is 0. The van der Waals surface area contributed by atoms with Gasteiger partial charge in [0.1, 0.15) is 0 Å². The van der Waals surface area contributed by atoms with Crippen molar-refractivity contribution < 1.29 is 0 Å². The van der Waals surface area contributed by atoms with Crippen LogP contribution in [-0.2, 0) is 0 Å². The van der Waals surface area contributed by atoms with Gasteiger partial charge >= 0.3 is 0 Å². The fraction of sp³-hybridized carbons (Fsp3) is 0.286. The lowest BCUT2D eigenvalue weighted by Crippen LogP contribution is -2.20. The highest BCUT2D eigenvalue weighted by atomic mass is 35.5. The number of rotatable bonds is 4. The number of hydrogen-bond acceptors (Lipinski definition) is 2. The molecule has 2 rings (SSSR count). The number of hydrogen-bond donors (Lipinski definition) is 1. The van der Waals surface area contributed by atoms with Gasteiger partial charge in [0.15, 0.2) is 0 Å². The standard InChI is InChI=1S/C14H18N2.ClH/c1-16(2)11-10-15-14-9-5-7-12-6-3-4-8-13(12)14;/h3-9,15H,10-11H2,1-2H3;1H. The van der Waals surface area contributed by atoms with Crippen molar-refractivity contribution in [1.82, 2.24) is 4.90 Å². The summed E-state index contributed by atoms with van der Waals surface area (Å²) in [5.41, 5.74) is 1.22. The summed E-state index contributed by atoms with van der Waals surface area (Å²) in [7, 11) is 4.18. The second-order valence-corrected chi connectivity index (χ2v) is 4.26. The monoisotopic (exact) mass is 250 g/mol. The van der Waals surface area contributed by atoms with Crippen LogP contribution in [0.3, 0.4) is 0 Å². The van der Waals surface area contributed by atoms with E-state index < -0.39 is 0 Å². The molecule has 0 spiro atoms. The molecule has 0 fully saturated rings. The van der Waals surface area contributed by atoms with Crippen LogP contribution in [-0.4, -0.2) is 32.1 Å². The minimum atomic E-state index is 0. The Kier molecular flexibility index (Phi) is 5.26. The second-order valence-electron chi connectivity index (χ2n) is 4.26. The second kappa shape index (κ2) is 6.48. The molecule has 0 atom stereocenters. The van der Waals surface area contributed by atoms with Crippen LogP contribution in [0.2, 0.25) is 0 Å². The first-order chi connectivity index (χ1) is 7.77. The molecule has 2 aromatic rings. The van der Waals surface area contributed by atoms with Gasteiger partial charge in [0.05, 0.1) is 0 Å². The summed E-state index contributed by atoms with van der Waals surface area (Å²) in [5, 5.41) is 6.06. The van der Waals surface area contributed by atoms with E-state index in [1.165, 1.54) is 16.5 Å². The number of nitrogens with one attached hydrogen (secondary N) is 1. The van der Waals surface area contributed by atoms with Crippen molar-refractivity contribution in [3.63, 3.8) is 0 Å². The highest BCUT2D eigenvalue weighted by Crippen LogP contribution is 2.22. The fourth-order valence-corrected chi connectivity index (χ4v) is 1.79. The maximum Gasteiger partial charge on any atom is 0.0420 e. The molecule has 0 radical (unpaired) electrons. The lowest BCUT2D eigenvalue weighted by atomic mass is 10.1. The number of halogens is 1.